The van der Waals surface area contributed by atoms with E-state index in [1.165, 1.54) is 0 Å². The van der Waals surface area contributed by atoms with Gasteiger partial charge in [-0.15, -0.1) is 23.2 Å². The molecular weight excluding hydrogens is 149 g/mol. The Labute approximate surface area is 58.1 Å². The second kappa shape index (κ2) is 2.87. The van der Waals surface area contributed by atoms with Crippen LogP contribution in [0.3, 0.4) is 0 Å². The topological polar surface area (TPSA) is 21.3 Å². The fourth-order valence-electron chi connectivity index (χ4n) is 0.608. The fraction of sp³-hybridized carbons (Fsp3) is 1.00. The van der Waals surface area contributed by atoms with Gasteiger partial charge in [-0.1, -0.05) is 0 Å². The number of hydrogen-bond acceptors (Lipinski definition) is 2. The minimum Gasteiger partial charge on any atom is -0.359 e. The zero-order chi connectivity index (χ0) is 5.98. The predicted molar refractivity (Wildman–Crippen MR) is 33.2 cm³/mol. The number of rotatable bonds is 1. The number of alkyl halides is 2. The van der Waals surface area contributed by atoms with Crippen LogP contribution >= 0.6 is 23.2 Å². The van der Waals surface area contributed by atoms with Crippen LogP contribution in [0.4, 0.5) is 0 Å². The SMILES string of the molecule is ClC(Cl)C1NCCO1. The first-order chi connectivity index (χ1) is 3.80. The third-order valence-electron chi connectivity index (χ3n) is 0.974. The first kappa shape index (κ1) is 6.62. The lowest BCUT2D eigenvalue weighted by Crippen LogP contribution is -2.28. The molecule has 48 valence electrons. The van der Waals surface area contributed by atoms with Crippen molar-refractivity contribution < 1.29 is 4.74 Å². The summed E-state index contributed by atoms with van der Waals surface area (Å²) in [6.45, 7) is 1.56. The largest absolute Gasteiger partial charge is 0.359 e. The van der Waals surface area contributed by atoms with E-state index in [0.29, 0.717) is 6.61 Å². The van der Waals surface area contributed by atoms with Gasteiger partial charge in [-0.3, -0.25) is 5.32 Å². The summed E-state index contributed by atoms with van der Waals surface area (Å²) in [4.78, 5) is -0.447. The molecule has 0 radical (unpaired) electrons. The van der Waals surface area contributed by atoms with Crippen molar-refractivity contribution in [2.24, 2.45) is 0 Å². The lowest BCUT2D eigenvalue weighted by Gasteiger charge is -2.08. The molecular formula is C4H7Cl2NO. The summed E-state index contributed by atoms with van der Waals surface area (Å²) in [5.74, 6) is 0. The van der Waals surface area contributed by atoms with Crippen LogP contribution in [0.25, 0.3) is 0 Å². The molecule has 4 heteroatoms. The van der Waals surface area contributed by atoms with Crippen molar-refractivity contribution in [2.75, 3.05) is 13.2 Å². The van der Waals surface area contributed by atoms with E-state index in [2.05, 4.69) is 5.32 Å². The van der Waals surface area contributed by atoms with Gasteiger partial charge in [-0.2, -0.15) is 0 Å². The number of hydrogen-bond donors (Lipinski definition) is 1. The van der Waals surface area contributed by atoms with Gasteiger partial charge in [0.2, 0.25) is 0 Å². The van der Waals surface area contributed by atoms with Gasteiger partial charge in [0.25, 0.3) is 0 Å². The molecule has 0 aromatic rings. The molecule has 1 aliphatic heterocycles. The summed E-state index contributed by atoms with van der Waals surface area (Å²) < 4.78 is 5.04. The van der Waals surface area contributed by atoms with Gasteiger partial charge in [0.1, 0.15) is 11.1 Å². The Morgan fingerprint density at radius 1 is 1.62 bits per heavy atom. The quantitative estimate of drug-likeness (QED) is 0.565. The summed E-state index contributed by atoms with van der Waals surface area (Å²) in [7, 11) is 0. The van der Waals surface area contributed by atoms with Gasteiger partial charge in [-0.25, -0.2) is 0 Å². The summed E-state index contributed by atoms with van der Waals surface area (Å²) in [6.07, 6.45) is -0.154. The van der Waals surface area contributed by atoms with Crippen LogP contribution < -0.4 is 5.32 Å². The van der Waals surface area contributed by atoms with Crippen LogP contribution in [0.2, 0.25) is 0 Å². The third kappa shape index (κ3) is 1.49. The van der Waals surface area contributed by atoms with E-state index in [1.807, 2.05) is 0 Å². The number of nitrogens with one attached hydrogen (secondary N) is 1. The standard InChI is InChI=1S/C4H7Cl2NO/c5-3(6)4-7-1-2-8-4/h3-4,7H,1-2H2. The molecule has 0 spiro atoms. The Balaban J connectivity index is 2.24. The van der Waals surface area contributed by atoms with Gasteiger partial charge >= 0.3 is 0 Å². The molecule has 1 atom stereocenters. The van der Waals surface area contributed by atoms with E-state index >= 15 is 0 Å². The summed E-state index contributed by atoms with van der Waals surface area (Å²) in [6, 6.07) is 0. The molecule has 0 aromatic heterocycles. The molecule has 1 rings (SSSR count). The van der Waals surface area contributed by atoms with Crippen molar-refractivity contribution in [3.8, 4) is 0 Å². The molecule has 0 aliphatic carbocycles. The van der Waals surface area contributed by atoms with Crippen molar-refractivity contribution in [3.05, 3.63) is 0 Å². The fourth-order valence-corrected chi connectivity index (χ4v) is 0.931. The molecule has 1 fully saturated rings. The molecule has 2 nitrogen and oxygen atoms in total. The highest BCUT2D eigenvalue weighted by molar-refractivity contribution is 6.44. The van der Waals surface area contributed by atoms with E-state index in [0.717, 1.165) is 6.54 Å². The van der Waals surface area contributed by atoms with Crippen LogP contribution in [0.5, 0.6) is 0 Å². The number of halogens is 2. The van der Waals surface area contributed by atoms with Gasteiger partial charge in [0.05, 0.1) is 6.61 Å². The average molecular weight is 156 g/mol. The smallest absolute Gasteiger partial charge is 0.147 e. The second-order valence-electron chi connectivity index (χ2n) is 1.58. The van der Waals surface area contributed by atoms with Crippen molar-refractivity contribution in [1.29, 1.82) is 0 Å². The molecule has 1 heterocycles. The lowest BCUT2D eigenvalue weighted by molar-refractivity contribution is 0.112. The first-order valence-corrected chi connectivity index (χ1v) is 3.31. The summed E-state index contributed by atoms with van der Waals surface area (Å²) >= 11 is 10.9. The zero-order valence-corrected chi connectivity index (χ0v) is 5.74. The van der Waals surface area contributed by atoms with Crippen molar-refractivity contribution in [2.45, 2.75) is 11.1 Å². The van der Waals surface area contributed by atoms with Crippen molar-refractivity contribution in [3.63, 3.8) is 0 Å². The zero-order valence-electron chi connectivity index (χ0n) is 4.23. The normalized spacial score (nSPS) is 29.6. The Morgan fingerprint density at radius 3 is 2.62 bits per heavy atom. The highest BCUT2D eigenvalue weighted by Crippen LogP contribution is 2.11. The molecule has 8 heavy (non-hydrogen) atoms. The molecule has 1 N–H and O–H groups in total. The van der Waals surface area contributed by atoms with E-state index in [4.69, 9.17) is 27.9 Å². The van der Waals surface area contributed by atoms with Crippen molar-refractivity contribution >= 4 is 23.2 Å². The van der Waals surface area contributed by atoms with Gasteiger partial charge in [0.15, 0.2) is 0 Å². The highest BCUT2D eigenvalue weighted by atomic mass is 35.5. The molecule has 0 aromatic carbocycles. The van der Waals surface area contributed by atoms with E-state index < -0.39 is 4.84 Å². The summed E-state index contributed by atoms with van der Waals surface area (Å²) in [5.41, 5.74) is 0. The maximum Gasteiger partial charge on any atom is 0.147 e. The van der Waals surface area contributed by atoms with E-state index in [9.17, 15) is 0 Å². The van der Waals surface area contributed by atoms with Gasteiger partial charge in [-0.05, 0) is 0 Å². The predicted octanol–water partition coefficient (Wildman–Crippen LogP) is 0.736. The summed E-state index contributed by atoms with van der Waals surface area (Å²) in [5, 5.41) is 2.97. The third-order valence-corrected chi connectivity index (χ3v) is 1.43. The van der Waals surface area contributed by atoms with Crippen LogP contribution in [-0.4, -0.2) is 24.2 Å². The van der Waals surface area contributed by atoms with Crippen molar-refractivity contribution in [1.82, 2.24) is 5.32 Å². The minimum absolute atomic E-state index is 0.154. The van der Waals surface area contributed by atoms with Gasteiger partial charge in [0, 0.05) is 6.54 Å². The molecule has 0 amide bonds. The second-order valence-corrected chi connectivity index (χ2v) is 2.74. The average Bonchev–Trinajstić information content (AvgIpc) is 2.12. The Bertz CT molecular complexity index is 72.4. The molecule has 0 bridgehead atoms. The van der Waals surface area contributed by atoms with E-state index in [1.54, 1.807) is 0 Å². The Hall–Kier alpha value is 0.500. The Morgan fingerprint density at radius 2 is 2.38 bits per heavy atom. The van der Waals surface area contributed by atoms with Crippen LogP contribution in [0.15, 0.2) is 0 Å². The maximum atomic E-state index is 5.46. The highest BCUT2D eigenvalue weighted by Gasteiger charge is 2.20. The monoisotopic (exact) mass is 155 g/mol. The molecule has 1 unspecified atom stereocenters. The maximum absolute atomic E-state index is 5.46. The van der Waals surface area contributed by atoms with Gasteiger partial charge < -0.3 is 4.74 Å². The van der Waals surface area contributed by atoms with Crippen LogP contribution in [0.1, 0.15) is 0 Å². The number of ether oxygens (including phenoxy) is 1. The van der Waals surface area contributed by atoms with Crippen LogP contribution in [-0.2, 0) is 4.74 Å². The molecule has 0 saturated carbocycles. The molecule has 1 aliphatic rings. The Kier molecular flexibility index (Phi) is 2.38. The van der Waals surface area contributed by atoms with Crippen LogP contribution in [0, 0.1) is 0 Å². The lowest BCUT2D eigenvalue weighted by atomic mass is 10.6. The minimum atomic E-state index is -0.447. The molecule has 1 saturated heterocycles. The van der Waals surface area contributed by atoms with E-state index in [-0.39, 0.29) is 6.23 Å². The first-order valence-electron chi connectivity index (χ1n) is 2.44.